The van der Waals surface area contributed by atoms with Crippen molar-refractivity contribution in [3.05, 3.63) is 71.4 Å². The van der Waals surface area contributed by atoms with Gasteiger partial charge in [0.05, 0.1) is 13.5 Å². The van der Waals surface area contributed by atoms with Crippen molar-refractivity contribution in [3.63, 3.8) is 0 Å². The van der Waals surface area contributed by atoms with Crippen LogP contribution in [0.4, 0.5) is 0 Å². The molecule has 4 rings (SSSR count). The maximum Gasteiger partial charge on any atom is 0.227 e. The van der Waals surface area contributed by atoms with Crippen LogP contribution in [0, 0.1) is 6.92 Å². The molecule has 0 atom stereocenters. The zero-order valence-electron chi connectivity index (χ0n) is 15.8. The number of carbonyl (C=O) groups is 1. The van der Waals surface area contributed by atoms with E-state index >= 15 is 0 Å². The number of hydrogen-bond acceptors (Lipinski definition) is 2. The molecule has 27 heavy (non-hydrogen) atoms. The number of nitrogens with zero attached hydrogens (tertiary/aromatic N) is 1. The van der Waals surface area contributed by atoms with E-state index in [0.717, 1.165) is 24.3 Å². The van der Waals surface area contributed by atoms with Gasteiger partial charge in [0, 0.05) is 35.2 Å². The average molecular weight is 360 g/mol. The third kappa shape index (κ3) is 3.47. The molecule has 2 heterocycles. The Labute approximate surface area is 159 Å². The Morgan fingerprint density at radius 3 is 2.63 bits per heavy atom. The molecule has 1 aliphatic heterocycles. The van der Waals surface area contributed by atoms with Crippen LogP contribution in [0.5, 0.6) is 5.75 Å². The first-order valence-corrected chi connectivity index (χ1v) is 9.33. The Hall–Kier alpha value is -3.01. The van der Waals surface area contributed by atoms with Gasteiger partial charge < -0.3 is 14.6 Å². The van der Waals surface area contributed by atoms with E-state index in [1.807, 2.05) is 29.2 Å². The number of methoxy groups -OCH3 is 1. The molecule has 3 aromatic rings. The summed E-state index contributed by atoms with van der Waals surface area (Å²) in [6, 6.07) is 16.1. The maximum atomic E-state index is 12.7. The molecule has 0 saturated carbocycles. The molecule has 0 saturated heterocycles. The highest BCUT2D eigenvalue weighted by Crippen LogP contribution is 2.32. The molecule has 4 heteroatoms. The number of carbonyl (C=O) groups excluding carboxylic acids is 1. The Balaban J connectivity index is 1.47. The van der Waals surface area contributed by atoms with E-state index in [0.29, 0.717) is 13.0 Å². The van der Waals surface area contributed by atoms with Crippen LogP contribution in [0.3, 0.4) is 0 Å². The first-order chi connectivity index (χ1) is 13.2. The maximum absolute atomic E-state index is 12.7. The molecule has 0 bridgehead atoms. The first kappa shape index (κ1) is 17.4. The van der Waals surface area contributed by atoms with E-state index in [9.17, 15) is 4.79 Å². The van der Waals surface area contributed by atoms with Crippen molar-refractivity contribution in [1.82, 2.24) is 9.88 Å². The molecular formula is C23H24N2O2. The highest BCUT2D eigenvalue weighted by Gasteiger charge is 2.20. The molecule has 4 nitrogen and oxygen atoms in total. The SMILES string of the molecule is COc1ccc(CC(=O)N2CC=C(c3c(C)[nH]c4ccccc34)CC2)cc1. The summed E-state index contributed by atoms with van der Waals surface area (Å²) in [5, 5.41) is 1.26. The first-order valence-electron chi connectivity index (χ1n) is 9.33. The predicted octanol–water partition coefficient (Wildman–Crippen LogP) is 4.34. The van der Waals surface area contributed by atoms with E-state index in [2.05, 4.69) is 42.2 Å². The van der Waals surface area contributed by atoms with Crippen molar-refractivity contribution in [1.29, 1.82) is 0 Å². The van der Waals surface area contributed by atoms with Crippen LogP contribution in [0.2, 0.25) is 0 Å². The summed E-state index contributed by atoms with van der Waals surface area (Å²) in [6.07, 6.45) is 3.52. The van der Waals surface area contributed by atoms with Crippen LogP contribution in [-0.2, 0) is 11.2 Å². The number of aromatic amines is 1. The standard InChI is InChI=1S/C23H24N2O2/c1-16-23(20-5-3-4-6-21(20)24-16)18-11-13-25(14-12-18)22(26)15-17-7-9-19(27-2)10-8-17/h3-11,24H,12-15H2,1-2H3. The lowest BCUT2D eigenvalue weighted by atomic mass is 9.96. The topological polar surface area (TPSA) is 45.3 Å². The van der Waals surface area contributed by atoms with Crippen LogP contribution in [0.25, 0.3) is 16.5 Å². The Morgan fingerprint density at radius 1 is 1.15 bits per heavy atom. The minimum atomic E-state index is 0.172. The number of hydrogen-bond donors (Lipinski definition) is 1. The van der Waals surface area contributed by atoms with Gasteiger partial charge in [-0.15, -0.1) is 0 Å². The number of benzene rings is 2. The van der Waals surface area contributed by atoms with Gasteiger partial charge in [0.2, 0.25) is 5.91 Å². The number of fused-ring (bicyclic) bond motifs is 1. The number of H-pyrrole nitrogens is 1. The van der Waals surface area contributed by atoms with Gasteiger partial charge in [-0.05, 0) is 42.7 Å². The van der Waals surface area contributed by atoms with Crippen molar-refractivity contribution < 1.29 is 9.53 Å². The summed E-state index contributed by atoms with van der Waals surface area (Å²) in [5.41, 5.74) is 6.01. The van der Waals surface area contributed by atoms with Crippen molar-refractivity contribution >= 4 is 22.4 Å². The zero-order valence-corrected chi connectivity index (χ0v) is 15.8. The fourth-order valence-electron chi connectivity index (χ4n) is 3.84. The molecule has 1 amide bonds. The van der Waals surface area contributed by atoms with Crippen LogP contribution in [-0.4, -0.2) is 36.0 Å². The molecule has 1 aromatic heterocycles. The van der Waals surface area contributed by atoms with Crippen molar-refractivity contribution in [2.45, 2.75) is 19.8 Å². The number of aryl methyl sites for hydroxylation is 1. The van der Waals surface area contributed by atoms with Gasteiger partial charge in [0.15, 0.2) is 0 Å². The van der Waals surface area contributed by atoms with E-state index in [1.165, 1.54) is 27.7 Å². The summed E-state index contributed by atoms with van der Waals surface area (Å²) >= 11 is 0. The third-order valence-corrected chi connectivity index (χ3v) is 5.29. The van der Waals surface area contributed by atoms with E-state index in [1.54, 1.807) is 7.11 Å². The second kappa shape index (κ2) is 7.31. The van der Waals surface area contributed by atoms with E-state index in [4.69, 9.17) is 4.74 Å². The minimum absolute atomic E-state index is 0.172. The zero-order chi connectivity index (χ0) is 18.8. The predicted molar refractivity (Wildman–Crippen MR) is 109 cm³/mol. The molecule has 1 aliphatic rings. The lowest BCUT2D eigenvalue weighted by molar-refractivity contribution is -0.130. The third-order valence-electron chi connectivity index (χ3n) is 5.29. The minimum Gasteiger partial charge on any atom is -0.497 e. The van der Waals surface area contributed by atoms with Gasteiger partial charge in [-0.1, -0.05) is 36.4 Å². The highest BCUT2D eigenvalue weighted by molar-refractivity contribution is 5.94. The molecule has 0 aliphatic carbocycles. The highest BCUT2D eigenvalue weighted by atomic mass is 16.5. The second-order valence-corrected chi connectivity index (χ2v) is 7.01. The molecule has 0 spiro atoms. The molecule has 0 radical (unpaired) electrons. The van der Waals surface area contributed by atoms with Gasteiger partial charge in [-0.3, -0.25) is 4.79 Å². The Kier molecular flexibility index (Phi) is 4.71. The van der Waals surface area contributed by atoms with Gasteiger partial charge in [-0.2, -0.15) is 0 Å². The number of rotatable bonds is 4. The average Bonchev–Trinajstić information content (AvgIpc) is 3.04. The fraction of sp³-hybridized carbons (Fsp3) is 0.261. The van der Waals surface area contributed by atoms with Crippen LogP contribution < -0.4 is 4.74 Å². The van der Waals surface area contributed by atoms with Crippen LogP contribution >= 0.6 is 0 Å². The monoisotopic (exact) mass is 360 g/mol. The van der Waals surface area contributed by atoms with Gasteiger partial charge >= 0.3 is 0 Å². The second-order valence-electron chi connectivity index (χ2n) is 7.01. The molecule has 0 fully saturated rings. The van der Waals surface area contributed by atoms with Gasteiger partial charge in [-0.25, -0.2) is 0 Å². The molecule has 2 aromatic carbocycles. The molecular weight excluding hydrogens is 336 g/mol. The van der Waals surface area contributed by atoms with Crippen molar-refractivity contribution in [3.8, 4) is 5.75 Å². The molecule has 1 N–H and O–H groups in total. The number of nitrogens with one attached hydrogen (secondary N) is 1. The quantitative estimate of drug-likeness (QED) is 0.752. The Bertz CT molecular complexity index is 999. The summed E-state index contributed by atoms with van der Waals surface area (Å²) < 4.78 is 5.17. The van der Waals surface area contributed by atoms with Crippen LogP contribution in [0.15, 0.2) is 54.6 Å². The molecule has 0 unspecified atom stereocenters. The largest absolute Gasteiger partial charge is 0.497 e. The van der Waals surface area contributed by atoms with Crippen LogP contribution in [0.1, 0.15) is 23.2 Å². The summed E-state index contributed by atoms with van der Waals surface area (Å²) in [4.78, 5) is 18.1. The number of ether oxygens (including phenoxy) is 1. The smallest absolute Gasteiger partial charge is 0.227 e. The summed E-state index contributed by atoms with van der Waals surface area (Å²) in [7, 11) is 1.65. The number of aromatic nitrogens is 1. The summed E-state index contributed by atoms with van der Waals surface area (Å²) in [6.45, 7) is 3.56. The van der Waals surface area contributed by atoms with Gasteiger partial charge in [0.1, 0.15) is 5.75 Å². The number of para-hydroxylation sites is 1. The van der Waals surface area contributed by atoms with Crippen molar-refractivity contribution in [2.24, 2.45) is 0 Å². The fourth-order valence-corrected chi connectivity index (χ4v) is 3.84. The van der Waals surface area contributed by atoms with E-state index < -0.39 is 0 Å². The lowest BCUT2D eigenvalue weighted by Crippen LogP contribution is -2.35. The summed E-state index contributed by atoms with van der Waals surface area (Å²) in [5.74, 6) is 0.983. The lowest BCUT2D eigenvalue weighted by Gasteiger charge is -2.27. The Morgan fingerprint density at radius 2 is 1.93 bits per heavy atom. The normalized spacial score (nSPS) is 14.3. The van der Waals surface area contributed by atoms with E-state index in [-0.39, 0.29) is 5.91 Å². The van der Waals surface area contributed by atoms with Crippen molar-refractivity contribution in [2.75, 3.05) is 20.2 Å². The molecule has 138 valence electrons. The van der Waals surface area contributed by atoms with Gasteiger partial charge in [0.25, 0.3) is 0 Å². The number of amides is 1.